The molecular formula is C13H15FN4O. The number of nitrogens with one attached hydrogen (secondary N) is 2. The molecule has 1 aromatic carbocycles. The zero-order valence-electron chi connectivity index (χ0n) is 10.8. The van der Waals surface area contributed by atoms with Crippen LogP contribution in [-0.2, 0) is 18.4 Å². The molecule has 0 unspecified atom stereocenters. The topological polar surface area (TPSA) is 59.0 Å². The first kappa shape index (κ1) is 13.1. The number of nitrogens with zero attached hydrogens (tertiary/aromatic N) is 2. The van der Waals surface area contributed by atoms with Gasteiger partial charge in [-0.1, -0.05) is 0 Å². The van der Waals surface area contributed by atoms with Crippen molar-refractivity contribution >= 4 is 17.3 Å². The summed E-state index contributed by atoms with van der Waals surface area (Å²) in [6, 6.07) is 6.25. The quantitative estimate of drug-likeness (QED) is 0.887. The summed E-state index contributed by atoms with van der Waals surface area (Å²) in [5, 5.41) is 9.63. The Bertz CT molecular complexity index is 594. The summed E-state index contributed by atoms with van der Waals surface area (Å²) in [5.74, 6) is -0.555. The third-order valence-corrected chi connectivity index (χ3v) is 2.67. The van der Waals surface area contributed by atoms with Crippen LogP contribution in [0.1, 0.15) is 12.6 Å². The van der Waals surface area contributed by atoms with Crippen molar-refractivity contribution in [3.63, 3.8) is 0 Å². The van der Waals surface area contributed by atoms with Crippen LogP contribution >= 0.6 is 0 Å². The van der Waals surface area contributed by atoms with Crippen molar-refractivity contribution in [2.45, 2.75) is 13.5 Å². The van der Waals surface area contributed by atoms with Gasteiger partial charge in [0.15, 0.2) is 0 Å². The van der Waals surface area contributed by atoms with Crippen LogP contribution in [0, 0.1) is 5.82 Å². The second kappa shape index (κ2) is 5.51. The molecule has 0 aliphatic heterocycles. The molecular weight excluding hydrogens is 247 g/mol. The van der Waals surface area contributed by atoms with E-state index < -0.39 is 0 Å². The summed E-state index contributed by atoms with van der Waals surface area (Å²) in [4.78, 5) is 11.0. The zero-order valence-corrected chi connectivity index (χ0v) is 10.8. The fourth-order valence-corrected chi connectivity index (χ4v) is 1.70. The van der Waals surface area contributed by atoms with Crippen LogP contribution in [0.2, 0.25) is 0 Å². The molecule has 0 spiro atoms. The minimum Gasteiger partial charge on any atom is -0.377 e. The molecule has 0 aliphatic carbocycles. The molecule has 2 rings (SSSR count). The lowest BCUT2D eigenvalue weighted by atomic mass is 10.2. The molecule has 0 radical (unpaired) electrons. The maximum Gasteiger partial charge on any atom is 0.221 e. The molecule has 0 bridgehead atoms. The highest BCUT2D eigenvalue weighted by Crippen LogP contribution is 2.20. The van der Waals surface area contributed by atoms with E-state index in [1.54, 1.807) is 16.9 Å². The van der Waals surface area contributed by atoms with Gasteiger partial charge in [-0.15, -0.1) is 0 Å². The Kier molecular flexibility index (Phi) is 3.79. The molecule has 2 N–H and O–H groups in total. The van der Waals surface area contributed by atoms with E-state index in [0.29, 0.717) is 17.9 Å². The van der Waals surface area contributed by atoms with Crippen LogP contribution in [0.4, 0.5) is 15.8 Å². The molecule has 1 heterocycles. The lowest BCUT2D eigenvalue weighted by molar-refractivity contribution is -0.114. The van der Waals surface area contributed by atoms with Gasteiger partial charge in [-0.25, -0.2) is 4.39 Å². The summed E-state index contributed by atoms with van der Waals surface area (Å²) < 4.78 is 15.3. The predicted octanol–water partition coefficient (Wildman–Crippen LogP) is 2.13. The summed E-state index contributed by atoms with van der Waals surface area (Å²) >= 11 is 0. The van der Waals surface area contributed by atoms with Crippen LogP contribution in [0.5, 0.6) is 0 Å². The van der Waals surface area contributed by atoms with Gasteiger partial charge in [0.25, 0.3) is 0 Å². The smallest absolute Gasteiger partial charge is 0.221 e. The SMILES string of the molecule is CC(=O)Nc1ccc(F)c(NCc2ccnn2C)c1. The molecule has 0 atom stereocenters. The van der Waals surface area contributed by atoms with Gasteiger partial charge in [0, 0.05) is 25.9 Å². The van der Waals surface area contributed by atoms with Gasteiger partial charge in [0.1, 0.15) is 5.82 Å². The van der Waals surface area contributed by atoms with Crippen LogP contribution in [0.15, 0.2) is 30.5 Å². The van der Waals surface area contributed by atoms with E-state index in [1.165, 1.54) is 19.1 Å². The monoisotopic (exact) mass is 262 g/mol. The Morgan fingerprint density at radius 3 is 2.84 bits per heavy atom. The lowest BCUT2D eigenvalue weighted by Crippen LogP contribution is -2.09. The number of carbonyl (C=O) groups is 1. The predicted molar refractivity (Wildman–Crippen MR) is 71.2 cm³/mol. The Labute approximate surface area is 110 Å². The summed E-state index contributed by atoms with van der Waals surface area (Å²) in [6.45, 7) is 1.86. The molecule has 5 nitrogen and oxygen atoms in total. The van der Waals surface area contributed by atoms with Crippen molar-refractivity contribution < 1.29 is 9.18 Å². The second-order valence-electron chi connectivity index (χ2n) is 4.18. The minimum absolute atomic E-state index is 0.191. The first-order valence-electron chi connectivity index (χ1n) is 5.84. The van der Waals surface area contributed by atoms with Gasteiger partial charge < -0.3 is 10.6 Å². The van der Waals surface area contributed by atoms with Crippen LogP contribution in [0.25, 0.3) is 0 Å². The highest BCUT2D eigenvalue weighted by atomic mass is 19.1. The Hall–Kier alpha value is -2.37. The normalized spacial score (nSPS) is 10.3. The third kappa shape index (κ3) is 3.31. The minimum atomic E-state index is -0.365. The van der Waals surface area contributed by atoms with Crippen molar-refractivity contribution in [2.75, 3.05) is 10.6 Å². The molecule has 6 heteroatoms. The number of aromatic nitrogens is 2. The number of anilines is 2. The second-order valence-corrected chi connectivity index (χ2v) is 4.18. The number of aryl methyl sites for hydroxylation is 1. The van der Waals surface area contributed by atoms with Crippen LogP contribution in [0.3, 0.4) is 0 Å². The van der Waals surface area contributed by atoms with Gasteiger partial charge in [0.05, 0.1) is 17.9 Å². The van der Waals surface area contributed by atoms with Crippen LogP contribution in [-0.4, -0.2) is 15.7 Å². The molecule has 1 amide bonds. The molecule has 100 valence electrons. The number of hydrogen-bond donors (Lipinski definition) is 2. The van der Waals surface area contributed by atoms with Crippen molar-refractivity contribution in [1.82, 2.24) is 9.78 Å². The fraction of sp³-hybridized carbons (Fsp3) is 0.231. The third-order valence-electron chi connectivity index (χ3n) is 2.67. The van der Waals surface area contributed by atoms with Crippen molar-refractivity contribution in [2.24, 2.45) is 7.05 Å². The summed E-state index contributed by atoms with van der Waals surface area (Å²) in [6.07, 6.45) is 1.68. The molecule has 2 aromatic rings. The molecule has 0 saturated heterocycles. The zero-order chi connectivity index (χ0) is 13.8. The van der Waals surface area contributed by atoms with E-state index in [0.717, 1.165) is 5.69 Å². The average molecular weight is 262 g/mol. The van der Waals surface area contributed by atoms with Gasteiger partial charge in [-0.2, -0.15) is 5.10 Å². The number of halogens is 1. The van der Waals surface area contributed by atoms with E-state index in [9.17, 15) is 9.18 Å². The molecule has 0 aliphatic rings. The van der Waals surface area contributed by atoms with Crippen LogP contribution < -0.4 is 10.6 Å². The summed E-state index contributed by atoms with van der Waals surface area (Å²) in [7, 11) is 1.82. The fourth-order valence-electron chi connectivity index (χ4n) is 1.70. The standard InChI is InChI=1S/C13H15FN4O/c1-9(19)17-10-3-4-12(14)13(7-10)15-8-11-5-6-16-18(11)2/h3-7,15H,8H2,1-2H3,(H,17,19). The van der Waals surface area contributed by atoms with E-state index >= 15 is 0 Å². The van der Waals surface area contributed by atoms with E-state index in [2.05, 4.69) is 15.7 Å². The van der Waals surface area contributed by atoms with E-state index in [1.807, 2.05) is 13.1 Å². The maximum atomic E-state index is 13.6. The van der Waals surface area contributed by atoms with Gasteiger partial charge in [-0.05, 0) is 24.3 Å². The molecule has 1 aromatic heterocycles. The largest absolute Gasteiger partial charge is 0.377 e. The number of amides is 1. The maximum absolute atomic E-state index is 13.6. The van der Waals surface area contributed by atoms with Gasteiger partial charge >= 0.3 is 0 Å². The lowest BCUT2D eigenvalue weighted by Gasteiger charge is -2.10. The number of rotatable bonds is 4. The number of benzene rings is 1. The molecule has 19 heavy (non-hydrogen) atoms. The highest BCUT2D eigenvalue weighted by Gasteiger charge is 2.05. The van der Waals surface area contributed by atoms with Crippen molar-refractivity contribution in [3.05, 3.63) is 42.0 Å². The van der Waals surface area contributed by atoms with Gasteiger partial charge in [0.2, 0.25) is 5.91 Å². The first-order chi connectivity index (χ1) is 9.06. The van der Waals surface area contributed by atoms with E-state index in [-0.39, 0.29) is 11.7 Å². The Balaban J connectivity index is 2.11. The highest BCUT2D eigenvalue weighted by molar-refractivity contribution is 5.89. The number of hydrogen-bond acceptors (Lipinski definition) is 3. The molecule has 0 saturated carbocycles. The molecule has 0 fully saturated rings. The number of carbonyl (C=O) groups excluding carboxylic acids is 1. The average Bonchev–Trinajstić information content (AvgIpc) is 2.75. The van der Waals surface area contributed by atoms with Crippen molar-refractivity contribution in [3.8, 4) is 0 Å². The van der Waals surface area contributed by atoms with Crippen molar-refractivity contribution in [1.29, 1.82) is 0 Å². The van der Waals surface area contributed by atoms with E-state index in [4.69, 9.17) is 0 Å². The summed E-state index contributed by atoms with van der Waals surface area (Å²) in [5.41, 5.74) is 1.83. The Morgan fingerprint density at radius 2 is 2.21 bits per heavy atom. The Morgan fingerprint density at radius 1 is 1.42 bits per heavy atom. The first-order valence-corrected chi connectivity index (χ1v) is 5.84. The van der Waals surface area contributed by atoms with Gasteiger partial charge in [-0.3, -0.25) is 9.48 Å².